The highest BCUT2D eigenvalue weighted by Crippen LogP contribution is 2.29. The molecule has 1 aromatic heterocycles. The van der Waals surface area contributed by atoms with E-state index in [1.807, 2.05) is 18.7 Å². The van der Waals surface area contributed by atoms with Gasteiger partial charge in [0.2, 0.25) is 5.89 Å². The molecule has 18 heavy (non-hydrogen) atoms. The van der Waals surface area contributed by atoms with E-state index < -0.39 is 0 Å². The van der Waals surface area contributed by atoms with E-state index in [4.69, 9.17) is 10.3 Å². The van der Waals surface area contributed by atoms with Gasteiger partial charge in [0.15, 0.2) is 5.82 Å². The van der Waals surface area contributed by atoms with Crippen LogP contribution >= 0.6 is 11.8 Å². The lowest BCUT2D eigenvalue weighted by Gasteiger charge is -2.19. The van der Waals surface area contributed by atoms with Crippen molar-refractivity contribution in [3.05, 3.63) is 11.7 Å². The molecule has 5 heteroatoms. The second kappa shape index (κ2) is 7.14. The van der Waals surface area contributed by atoms with Crippen molar-refractivity contribution in [1.82, 2.24) is 10.1 Å². The summed E-state index contributed by atoms with van der Waals surface area (Å²) in [4.78, 5) is 4.41. The molecule has 0 amide bonds. The van der Waals surface area contributed by atoms with Crippen molar-refractivity contribution in [2.75, 3.05) is 0 Å². The van der Waals surface area contributed by atoms with Gasteiger partial charge in [-0.1, -0.05) is 24.4 Å². The number of rotatable bonds is 6. The van der Waals surface area contributed by atoms with Crippen molar-refractivity contribution < 1.29 is 4.52 Å². The van der Waals surface area contributed by atoms with E-state index >= 15 is 0 Å². The minimum Gasteiger partial charge on any atom is -0.339 e. The average molecular weight is 269 g/mol. The standard InChI is InChI=1S/C13H23N3OS/c1-10(14)7-8-13-15-12(16-17-13)9-18-11-5-3-2-4-6-11/h10-11H,2-9,14H2,1H3. The molecule has 2 rings (SSSR count). The molecule has 1 heterocycles. The van der Waals surface area contributed by atoms with Crippen molar-refractivity contribution in [1.29, 1.82) is 0 Å². The van der Waals surface area contributed by atoms with E-state index in [-0.39, 0.29) is 6.04 Å². The average Bonchev–Trinajstić information content (AvgIpc) is 2.83. The van der Waals surface area contributed by atoms with Gasteiger partial charge in [-0.2, -0.15) is 16.7 Å². The molecule has 2 N–H and O–H groups in total. The van der Waals surface area contributed by atoms with Crippen LogP contribution in [0.5, 0.6) is 0 Å². The van der Waals surface area contributed by atoms with Crippen LogP contribution < -0.4 is 5.73 Å². The maximum absolute atomic E-state index is 5.71. The molecule has 0 aliphatic heterocycles. The van der Waals surface area contributed by atoms with E-state index in [0.717, 1.165) is 35.6 Å². The normalized spacial score (nSPS) is 19.0. The molecule has 0 spiro atoms. The molecule has 1 aliphatic rings. The first-order valence-corrected chi connectivity index (χ1v) is 7.97. The molecular weight excluding hydrogens is 246 g/mol. The third-order valence-electron chi connectivity index (χ3n) is 3.32. The Morgan fingerprint density at radius 2 is 2.17 bits per heavy atom. The summed E-state index contributed by atoms with van der Waals surface area (Å²) >= 11 is 1.98. The summed E-state index contributed by atoms with van der Waals surface area (Å²) in [5.74, 6) is 2.45. The van der Waals surface area contributed by atoms with Gasteiger partial charge in [-0.15, -0.1) is 0 Å². The lowest BCUT2D eigenvalue weighted by atomic mass is 10.0. The zero-order valence-corrected chi connectivity index (χ0v) is 11.9. The topological polar surface area (TPSA) is 64.9 Å². The zero-order valence-electron chi connectivity index (χ0n) is 11.1. The molecule has 1 aromatic rings. The van der Waals surface area contributed by atoms with Gasteiger partial charge in [-0.25, -0.2) is 0 Å². The van der Waals surface area contributed by atoms with Gasteiger partial charge >= 0.3 is 0 Å². The van der Waals surface area contributed by atoms with E-state index in [1.165, 1.54) is 32.1 Å². The number of nitrogens with two attached hydrogens (primary N) is 1. The molecule has 1 unspecified atom stereocenters. The lowest BCUT2D eigenvalue weighted by Crippen LogP contribution is -2.15. The number of hydrogen-bond donors (Lipinski definition) is 1. The maximum atomic E-state index is 5.71. The number of thioether (sulfide) groups is 1. The highest BCUT2D eigenvalue weighted by molar-refractivity contribution is 7.99. The van der Waals surface area contributed by atoms with Crippen LogP contribution in [0.3, 0.4) is 0 Å². The number of nitrogens with zero attached hydrogens (tertiary/aromatic N) is 2. The first kappa shape index (κ1) is 13.9. The van der Waals surface area contributed by atoms with Crippen LogP contribution in [-0.4, -0.2) is 21.4 Å². The predicted molar refractivity (Wildman–Crippen MR) is 74.4 cm³/mol. The fraction of sp³-hybridized carbons (Fsp3) is 0.846. The van der Waals surface area contributed by atoms with Gasteiger partial charge in [0.25, 0.3) is 0 Å². The maximum Gasteiger partial charge on any atom is 0.226 e. The van der Waals surface area contributed by atoms with Crippen molar-refractivity contribution in [3.63, 3.8) is 0 Å². The summed E-state index contributed by atoms with van der Waals surface area (Å²) in [6.07, 6.45) is 8.55. The molecule has 1 aliphatic carbocycles. The van der Waals surface area contributed by atoms with Crippen molar-refractivity contribution in [2.45, 2.75) is 68.9 Å². The van der Waals surface area contributed by atoms with Gasteiger partial charge in [0, 0.05) is 17.7 Å². The van der Waals surface area contributed by atoms with Crippen molar-refractivity contribution in [2.24, 2.45) is 5.73 Å². The fourth-order valence-electron chi connectivity index (χ4n) is 2.23. The summed E-state index contributed by atoms with van der Waals surface area (Å²) in [6.45, 7) is 2.00. The number of aromatic nitrogens is 2. The molecule has 0 saturated heterocycles. The van der Waals surface area contributed by atoms with Crippen LogP contribution in [0.1, 0.15) is 57.2 Å². The SMILES string of the molecule is CC(N)CCc1nc(CSC2CCCCC2)no1. The van der Waals surface area contributed by atoms with Crippen molar-refractivity contribution in [3.8, 4) is 0 Å². The molecule has 1 fully saturated rings. The Bertz CT molecular complexity index is 348. The van der Waals surface area contributed by atoms with E-state index in [0.29, 0.717) is 0 Å². The Labute approximate surface area is 113 Å². The Morgan fingerprint density at radius 1 is 1.39 bits per heavy atom. The Balaban J connectivity index is 1.72. The molecule has 102 valence electrons. The third kappa shape index (κ3) is 4.61. The second-order valence-electron chi connectivity index (χ2n) is 5.19. The molecular formula is C13H23N3OS. The molecule has 0 radical (unpaired) electrons. The van der Waals surface area contributed by atoms with Gasteiger partial charge in [-0.3, -0.25) is 0 Å². The zero-order chi connectivity index (χ0) is 12.8. The summed E-state index contributed by atoms with van der Waals surface area (Å²) < 4.78 is 5.22. The molecule has 4 nitrogen and oxygen atoms in total. The number of hydrogen-bond acceptors (Lipinski definition) is 5. The Hall–Kier alpha value is -0.550. The van der Waals surface area contributed by atoms with Gasteiger partial charge < -0.3 is 10.3 Å². The van der Waals surface area contributed by atoms with Gasteiger partial charge in [0.1, 0.15) is 0 Å². The fourth-order valence-corrected chi connectivity index (χ4v) is 3.39. The molecule has 1 saturated carbocycles. The summed E-state index contributed by atoms with van der Waals surface area (Å²) in [5, 5.41) is 4.83. The van der Waals surface area contributed by atoms with Crippen LogP contribution in [0.25, 0.3) is 0 Å². The first-order valence-electron chi connectivity index (χ1n) is 6.92. The van der Waals surface area contributed by atoms with Crippen LogP contribution in [0, 0.1) is 0 Å². The third-order valence-corrected chi connectivity index (χ3v) is 4.69. The predicted octanol–water partition coefficient (Wildman–Crippen LogP) is 2.92. The van der Waals surface area contributed by atoms with Gasteiger partial charge in [0.05, 0.1) is 5.75 Å². The first-order chi connectivity index (χ1) is 8.74. The van der Waals surface area contributed by atoms with Crippen LogP contribution in [0.15, 0.2) is 4.52 Å². The summed E-state index contributed by atoms with van der Waals surface area (Å²) in [7, 11) is 0. The highest BCUT2D eigenvalue weighted by atomic mass is 32.2. The highest BCUT2D eigenvalue weighted by Gasteiger charge is 2.15. The van der Waals surface area contributed by atoms with Crippen LogP contribution in [0.2, 0.25) is 0 Å². The molecule has 0 bridgehead atoms. The lowest BCUT2D eigenvalue weighted by molar-refractivity contribution is 0.368. The second-order valence-corrected chi connectivity index (χ2v) is 6.48. The van der Waals surface area contributed by atoms with Crippen LogP contribution in [-0.2, 0) is 12.2 Å². The summed E-state index contributed by atoms with van der Waals surface area (Å²) in [6, 6.07) is 0.192. The monoisotopic (exact) mass is 269 g/mol. The van der Waals surface area contributed by atoms with E-state index in [1.54, 1.807) is 0 Å². The largest absolute Gasteiger partial charge is 0.339 e. The Morgan fingerprint density at radius 3 is 2.89 bits per heavy atom. The minimum atomic E-state index is 0.192. The van der Waals surface area contributed by atoms with Crippen molar-refractivity contribution >= 4 is 11.8 Å². The van der Waals surface area contributed by atoms with Crippen LogP contribution in [0.4, 0.5) is 0 Å². The summed E-state index contributed by atoms with van der Waals surface area (Å²) in [5.41, 5.74) is 5.71. The van der Waals surface area contributed by atoms with Gasteiger partial charge in [-0.05, 0) is 26.2 Å². The molecule has 1 atom stereocenters. The minimum absolute atomic E-state index is 0.192. The smallest absolute Gasteiger partial charge is 0.226 e. The quantitative estimate of drug-likeness (QED) is 0.860. The van der Waals surface area contributed by atoms with E-state index in [9.17, 15) is 0 Å². The Kier molecular flexibility index (Phi) is 5.50. The number of aryl methyl sites for hydroxylation is 1. The molecule has 0 aromatic carbocycles. The van der Waals surface area contributed by atoms with E-state index in [2.05, 4.69) is 10.1 Å².